The molecule has 0 aliphatic rings. The van der Waals surface area contributed by atoms with Crippen LogP contribution in [0.5, 0.6) is 0 Å². The van der Waals surface area contributed by atoms with E-state index in [1.165, 1.54) is 24.3 Å². The summed E-state index contributed by atoms with van der Waals surface area (Å²) in [6.45, 7) is 4.23. The second-order valence-electron chi connectivity index (χ2n) is 5.90. The number of aliphatic hydroxyl groups excluding tert-OH is 1. The van der Waals surface area contributed by atoms with Crippen molar-refractivity contribution in [3.05, 3.63) is 35.6 Å². The molecule has 1 aromatic rings. The molecule has 0 saturated heterocycles. The first-order valence-electron chi connectivity index (χ1n) is 6.97. The number of rotatable bonds is 6. The Balaban J connectivity index is 2.90. The van der Waals surface area contributed by atoms with E-state index in [4.69, 9.17) is 9.84 Å². The first kappa shape index (κ1) is 18.9. The lowest BCUT2D eigenvalue weighted by atomic mass is 10.2. The SMILES string of the molecule is CC(C)(C)OC(=O)NN(Cc1ccc(F)cc1)[C@H](CO)C(=O)O. The van der Waals surface area contributed by atoms with Gasteiger partial charge in [-0.1, -0.05) is 12.1 Å². The number of aliphatic carboxylic acids is 1. The first-order valence-corrected chi connectivity index (χ1v) is 6.97. The molecule has 3 N–H and O–H groups in total. The Morgan fingerprint density at radius 1 is 1.30 bits per heavy atom. The van der Waals surface area contributed by atoms with Crippen molar-refractivity contribution in [1.29, 1.82) is 0 Å². The maximum absolute atomic E-state index is 12.9. The van der Waals surface area contributed by atoms with Gasteiger partial charge in [-0.05, 0) is 38.5 Å². The quantitative estimate of drug-likeness (QED) is 0.685. The highest BCUT2D eigenvalue weighted by Gasteiger charge is 2.28. The molecule has 1 amide bonds. The van der Waals surface area contributed by atoms with Gasteiger partial charge >= 0.3 is 12.1 Å². The van der Waals surface area contributed by atoms with Gasteiger partial charge in [0, 0.05) is 6.54 Å². The molecule has 0 bridgehead atoms. The van der Waals surface area contributed by atoms with Crippen LogP contribution >= 0.6 is 0 Å². The Hall–Kier alpha value is -2.19. The molecule has 0 aromatic heterocycles. The van der Waals surface area contributed by atoms with Gasteiger partial charge in [-0.15, -0.1) is 0 Å². The number of nitrogens with zero attached hydrogens (tertiary/aromatic N) is 1. The van der Waals surface area contributed by atoms with Crippen molar-refractivity contribution < 1.29 is 28.9 Å². The van der Waals surface area contributed by atoms with Crippen LogP contribution in [0.15, 0.2) is 24.3 Å². The summed E-state index contributed by atoms with van der Waals surface area (Å²) < 4.78 is 18.0. The average Bonchev–Trinajstić information content (AvgIpc) is 2.39. The standard InChI is InChI=1S/C15H21FN2O5/c1-15(2,3)23-14(22)17-18(12(9-19)13(20)21)8-10-4-6-11(16)7-5-10/h4-7,12,19H,8-9H2,1-3H3,(H,17,22)(H,20,21)/t12-/m1/s1. The van der Waals surface area contributed by atoms with Gasteiger partial charge in [0.1, 0.15) is 17.5 Å². The molecular formula is C15H21FN2O5. The van der Waals surface area contributed by atoms with Crippen molar-refractivity contribution in [2.24, 2.45) is 0 Å². The topological polar surface area (TPSA) is 99.1 Å². The number of aliphatic hydroxyl groups is 1. The van der Waals surface area contributed by atoms with Gasteiger partial charge in [0.25, 0.3) is 0 Å². The van der Waals surface area contributed by atoms with Crippen LogP contribution in [0.4, 0.5) is 9.18 Å². The van der Waals surface area contributed by atoms with E-state index in [1.54, 1.807) is 20.8 Å². The third-order valence-electron chi connectivity index (χ3n) is 2.73. The smallest absolute Gasteiger partial charge is 0.422 e. The van der Waals surface area contributed by atoms with Crippen LogP contribution in [0.2, 0.25) is 0 Å². The highest BCUT2D eigenvalue weighted by molar-refractivity contribution is 5.74. The second kappa shape index (κ2) is 7.89. The molecule has 8 heteroatoms. The third-order valence-corrected chi connectivity index (χ3v) is 2.73. The van der Waals surface area contributed by atoms with E-state index in [1.807, 2.05) is 0 Å². The van der Waals surface area contributed by atoms with Gasteiger partial charge in [0.05, 0.1) is 6.61 Å². The first-order chi connectivity index (χ1) is 10.6. The number of halogens is 1. The maximum Gasteiger partial charge on any atom is 0.422 e. The van der Waals surface area contributed by atoms with Crippen molar-refractivity contribution in [1.82, 2.24) is 10.4 Å². The number of hydrogen-bond acceptors (Lipinski definition) is 5. The summed E-state index contributed by atoms with van der Waals surface area (Å²) in [4.78, 5) is 23.1. The number of carboxylic acids is 1. The fourth-order valence-corrected chi connectivity index (χ4v) is 1.74. The van der Waals surface area contributed by atoms with E-state index in [-0.39, 0.29) is 6.54 Å². The zero-order valence-electron chi connectivity index (χ0n) is 13.2. The minimum Gasteiger partial charge on any atom is -0.480 e. The summed E-state index contributed by atoms with van der Waals surface area (Å²) in [5.74, 6) is -1.75. The maximum atomic E-state index is 12.9. The predicted molar refractivity (Wildman–Crippen MR) is 79.8 cm³/mol. The van der Waals surface area contributed by atoms with E-state index in [0.717, 1.165) is 5.01 Å². The molecule has 0 heterocycles. The number of carbonyl (C=O) groups is 2. The molecular weight excluding hydrogens is 307 g/mol. The van der Waals surface area contributed by atoms with Crippen LogP contribution in [-0.2, 0) is 16.1 Å². The number of hydrogen-bond donors (Lipinski definition) is 3. The van der Waals surface area contributed by atoms with Gasteiger partial charge in [-0.2, -0.15) is 5.01 Å². The largest absolute Gasteiger partial charge is 0.480 e. The monoisotopic (exact) mass is 328 g/mol. The second-order valence-corrected chi connectivity index (χ2v) is 5.90. The number of nitrogens with one attached hydrogen (secondary N) is 1. The van der Waals surface area contributed by atoms with Crippen LogP contribution < -0.4 is 5.43 Å². The van der Waals surface area contributed by atoms with Gasteiger partial charge in [0.2, 0.25) is 0 Å². The molecule has 0 unspecified atom stereocenters. The Morgan fingerprint density at radius 2 is 1.87 bits per heavy atom. The molecule has 128 valence electrons. The lowest BCUT2D eigenvalue weighted by Crippen LogP contribution is -2.53. The average molecular weight is 328 g/mol. The number of benzene rings is 1. The van der Waals surface area contributed by atoms with Gasteiger partial charge in [-0.25, -0.2) is 9.18 Å². The van der Waals surface area contributed by atoms with Gasteiger partial charge < -0.3 is 14.9 Å². The summed E-state index contributed by atoms with van der Waals surface area (Å²) in [5.41, 5.74) is 2.10. The zero-order chi connectivity index (χ0) is 17.6. The van der Waals surface area contributed by atoms with Crippen molar-refractivity contribution in [3.8, 4) is 0 Å². The van der Waals surface area contributed by atoms with Gasteiger partial charge in [-0.3, -0.25) is 10.2 Å². The van der Waals surface area contributed by atoms with Gasteiger partial charge in [0.15, 0.2) is 0 Å². The van der Waals surface area contributed by atoms with Crippen molar-refractivity contribution in [3.63, 3.8) is 0 Å². The molecule has 0 aliphatic heterocycles. The van der Waals surface area contributed by atoms with Crippen molar-refractivity contribution >= 4 is 12.1 Å². The lowest BCUT2D eigenvalue weighted by Gasteiger charge is -2.29. The number of ether oxygens (including phenoxy) is 1. The molecule has 1 atom stereocenters. The Labute approximate surface area is 133 Å². The minimum atomic E-state index is -1.37. The van der Waals surface area contributed by atoms with E-state index in [2.05, 4.69) is 5.43 Å². The zero-order valence-corrected chi connectivity index (χ0v) is 13.2. The highest BCUT2D eigenvalue weighted by atomic mass is 19.1. The van der Waals surface area contributed by atoms with Crippen LogP contribution in [-0.4, -0.2) is 45.5 Å². The number of carbonyl (C=O) groups excluding carboxylic acids is 1. The molecule has 0 fully saturated rings. The molecule has 0 saturated carbocycles. The number of hydrazine groups is 1. The fourth-order valence-electron chi connectivity index (χ4n) is 1.74. The molecule has 1 aromatic carbocycles. The van der Waals surface area contributed by atoms with Crippen LogP contribution in [0.25, 0.3) is 0 Å². The summed E-state index contributed by atoms with van der Waals surface area (Å²) in [6.07, 6.45) is -0.848. The number of carboxylic acid groups (broad SMARTS) is 1. The minimum absolute atomic E-state index is 0.0446. The van der Waals surface area contributed by atoms with E-state index in [9.17, 15) is 19.1 Å². The van der Waals surface area contributed by atoms with E-state index >= 15 is 0 Å². The van der Waals surface area contributed by atoms with Crippen LogP contribution in [0, 0.1) is 5.82 Å². The summed E-state index contributed by atoms with van der Waals surface area (Å²) in [6, 6.07) is 3.98. The Bertz CT molecular complexity index is 542. The molecule has 7 nitrogen and oxygen atoms in total. The summed E-state index contributed by atoms with van der Waals surface area (Å²) in [7, 11) is 0. The lowest BCUT2D eigenvalue weighted by molar-refractivity contribution is -0.146. The van der Waals surface area contributed by atoms with Crippen LogP contribution in [0.1, 0.15) is 26.3 Å². The Morgan fingerprint density at radius 3 is 2.30 bits per heavy atom. The highest BCUT2D eigenvalue weighted by Crippen LogP contribution is 2.11. The number of amides is 1. The molecule has 23 heavy (non-hydrogen) atoms. The Kier molecular flexibility index (Phi) is 6.47. The fraction of sp³-hybridized carbons (Fsp3) is 0.467. The predicted octanol–water partition coefficient (Wildman–Crippen LogP) is 1.51. The summed E-state index contributed by atoms with van der Waals surface area (Å²) >= 11 is 0. The molecule has 0 radical (unpaired) electrons. The molecule has 1 rings (SSSR count). The van der Waals surface area contributed by atoms with E-state index < -0.39 is 36.1 Å². The van der Waals surface area contributed by atoms with Crippen molar-refractivity contribution in [2.45, 2.75) is 39.0 Å². The van der Waals surface area contributed by atoms with Crippen molar-refractivity contribution in [2.75, 3.05) is 6.61 Å². The molecule has 0 spiro atoms. The van der Waals surface area contributed by atoms with E-state index in [0.29, 0.717) is 5.56 Å². The third kappa shape index (κ3) is 6.62. The normalized spacial score (nSPS) is 12.8. The molecule has 0 aliphatic carbocycles. The summed E-state index contributed by atoms with van der Waals surface area (Å²) in [5, 5.41) is 19.4. The van der Waals surface area contributed by atoms with Crippen LogP contribution in [0.3, 0.4) is 0 Å².